The van der Waals surface area contributed by atoms with Gasteiger partial charge >= 0.3 is 0 Å². The molecule has 0 aromatic carbocycles. The number of hydrogen-bond donors (Lipinski definition) is 2. The van der Waals surface area contributed by atoms with Crippen LogP contribution in [0.2, 0.25) is 0 Å². The highest BCUT2D eigenvalue weighted by molar-refractivity contribution is 4.86. The summed E-state index contributed by atoms with van der Waals surface area (Å²) in [6.07, 6.45) is 4.64. The lowest BCUT2D eigenvalue weighted by Crippen LogP contribution is -2.47. The van der Waals surface area contributed by atoms with E-state index in [0.717, 1.165) is 32.5 Å². The molecular formula is C17H36N2O. The number of rotatable bonds is 8. The molecule has 0 bridgehead atoms. The third-order valence-corrected chi connectivity index (χ3v) is 5.26. The summed E-state index contributed by atoms with van der Waals surface area (Å²) in [5.41, 5.74) is 0.405. The van der Waals surface area contributed by atoms with Crippen LogP contribution in [0.5, 0.6) is 0 Å². The minimum absolute atomic E-state index is 0.137. The first kappa shape index (κ1) is 17.9. The summed E-state index contributed by atoms with van der Waals surface area (Å²) in [5, 5.41) is 13.3. The normalized spacial score (nSPS) is 20.6. The van der Waals surface area contributed by atoms with Gasteiger partial charge in [0.1, 0.15) is 0 Å². The molecule has 20 heavy (non-hydrogen) atoms. The summed E-state index contributed by atoms with van der Waals surface area (Å²) in [7, 11) is 0. The molecule has 1 aliphatic rings. The zero-order chi connectivity index (χ0) is 15.2. The monoisotopic (exact) mass is 284 g/mol. The summed E-state index contributed by atoms with van der Waals surface area (Å²) in [6, 6.07) is 0.563. The molecular weight excluding hydrogens is 248 g/mol. The lowest BCUT2D eigenvalue weighted by molar-refractivity contribution is 0.0493. The topological polar surface area (TPSA) is 35.5 Å². The first-order valence-corrected chi connectivity index (χ1v) is 8.56. The van der Waals surface area contributed by atoms with Crippen molar-refractivity contribution in [2.75, 3.05) is 26.2 Å². The standard InChI is InChI=1S/C17H36N2O/c1-6-17(7-2,12-18-14(3)4)13-19-10-8-16(9-11-19)15(5)20/h14-16,18,20H,6-13H2,1-5H3. The molecule has 3 heteroatoms. The zero-order valence-electron chi connectivity index (χ0n) is 14.3. The van der Waals surface area contributed by atoms with Gasteiger partial charge in [0.15, 0.2) is 0 Å². The molecule has 3 nitrogen and oxygen atoms in total. The minimum atomic E-state index is -0.137. The van der Waals surface area contributed by atoms with Gasteiger partial charge in [0.25, 0.3) is 0 Å². The van der Waals surface area contributed by atoms with Crippen LogP contribution < -0.4 is 5.32 Å². The lowest BCUT2D eigenvalue weighted by atomic mass is 9.80. The number of nitrogens with zero attached hydrogens (tertiary/aromatic N) is 1. The van der Waals surface area contributed by atoms with Crippen LogP contribution in [-0.2, 0) is 0 Å². The summed E-state index contributed by atoms with van der Waals surface area (Å²) in [4.78, 5) is 2.62. The van der Waals surface area contributed by atoms with Crippen molar-refractivity contribution in [2.24, 2.45) is 11.3 Å². The van der Waals surface area contributed by atoms with Crippen LogP contribution in [0.4, 0.5) is 0 Å². The third-order valence-electron chi connectivity index (χ3n) is 5.26. The Morgan fingerprint density at radius 3 is 2.10 bits per heavy atom. The Hall–Kier alpha value is -0.120. The maximum absolute atomic E-state index is 9.71. The second-order valence-corrected chi connectivity index (χ2v) is 7.10. The summed E-state index contributed by atoms with van der Waals surface area (Å²) in [6.45, 7) is 15.7. The molecule has 1 unspecified atom stereocenters. The van der Waals surface area contributed by atoms with Gasteiger partial charge in [0.2, 0.25) is 0 Å². The van der Waals surface area contributed by atoms with Crippen LogP contribution in [-0.4, -0.2) is 48.3 Å². The van der Waals surface area contributed by atoms with Gasteiger partial charge < -0.3 is 15.3 Å². The van der Waals surface area contributed by atoms with Gasteiger partial charge in [0.05, 0.1) is 6.10 Å². The van der Waals surface area contributed by atoms with Crippen LogP contribution in [0, 0.1) is 11.3 Å². The van der Waals surface area contributed by atoms with Crippen LogP contribution in [0.3, 0.4) is 0 Å². The fourth-order valence-electron chi connectivity index (χ4n) is 3.27. The Bertz CT molecular complexity index is 254. The lowest BCUT2D eigenvalue weighted by Gasteiger charge is -2.41. The molecule has 120 valence electrons. The second-order valence-electron chi connectivity index (χ2n) is 7.10. The number of aliphatic hydroxyl groups excluding tert-OH is 1. The van der Waals surface area contributed by atoms with Crippen LogP contribution in [0.15, 0.2) is 0 Å². The molecule has 2 N–H and O–H groups in total. The highest BCUT2D eigenvalue weighted by Gasteiger charge is 2.31. The molecule has 0 spiro atoms. The molecule has 0 amide bonds. The van der Waals surface area contributed by atoms with E-state index in [1.54, 1.807) is 0 Å². The molecule has 0 aromatic heterocycles. The van der Waals surface area contributed by atoms with Gasteiger partial charge in [-0.25, -0.2) is 0 Å². The van der Waals surface area contributed by atoms with E-state index in [2.05, 4.69) is 37.9 Å². The van der Waals surface area contributed by atoms with Gasteiger partial charge in [-0.1, -0.05) is 27.7 Å². The summed E-state index contributed by atoms with van der Waals surface area (Å²) >= 11 is 0. The molecule has 1 fully saturated rings. The Morgan fingerprint density at radius 1 is 1.15 bits per heavy atom. The van der Waals surface area contributed by atoms with Crippen LogP contribution >= 0.6 is 0 Å². The van der Waals surface area contributed by atoms with Gasteiger partial charge in [-0.3, -0.25) is 0 Å². The van der Waals surface area contributed by atoms with Crippen LogP contribution in [0.25, 0.3) is 0 Å². The van der Waals surface area contributed by atoms with E-state index in [9.17, 15) is 5.11 Å². The van der Waals surface area contributed by atoms with E-state index >= 15 is 0 Å². The smallest absolute Gasteiger partial charge is 0.0541 e. The van der Waals surface area contributed by atoms with Crippen molar-refractivity contribution in [1.82, 2.24) is 10.2 Å². The van der Waals surface area contributed by atoms with E-state index < -0.39 is 0 Å². The minimum Gasteiger partial charge on any atom is -0.393 e. The molecule has 1 atom stereocenters. The van der Waals surface area contributed by atoms with Crippen molar-refractivity contribution >= 4 is 0 Å². The molecule has 0 radical (unpaired) electrons. The zero-order valence-corrected chi connectivity index (χ0v) is 14.3. The number of likely N-dealkylation sites (tertiary alicyclic amines) is 1. The highest BCUT2D eigenvalue weighted by atomic mass is 16.3. The van der Waals surface area contributed by atoms with Gasteiger partial charge in [-0.2, -0.15) is 0 Å². The number of nitrogens with one attached hydrogen (secondary N) is 1. The first-order chi connectivity index (χ1) is 9.42. The quantitative estimate of drug-likeness (QED) is 0.719. The van der Waals surface area contributed by atoms with E-state index in [4.69, 9.17) is 0 Å². The first-order valence-electron chi connectivity index (χ1n) is 8.56. The van der Waals surface area contributed by atoms with E-state index in [1.165, 1.54) is 19.4 Å². The SMILES string of the molecule is CCC(CC)(CNC(C)C)CN1CCC(C(C)O)CC1. The van der Waals surface area contributed by atoms with Gasteiger partial charge in [-0.15, -0.1) is 0 Å². The fraction of sp³-hybridized carbons (Fsp3) is 1.00. The average molecular weight is 284 g/mol. The van der Waals surface area contributed by atoms with Crippen molar-refractivity contribution in [3.8, 4) is 0 Å². The predicted octanol–water partition coefficient (Wildman–Crippen LogP) is 2.88. The Labute approximate surface area is 126 Å². The van der Waals surface area contributed by atoms with Crippen molar-refractivity contribution in [3.63, 3.8) is 0 Å². The van der Waals surface area contributed by atoms with Crippen molar-refractivity contribution in [2.45, 2.75) is 72.4 Å². The van der Waals surface area contributed by atoms with E-state index in [1.807, 2.05) is 6.92 Å². The molecule has 1 saturated heterocycles. The number of piperidine rings is 1. The van der Waals surface area contributed by atoms with E-state index in [0.29, 0.717) is 17.4 Å². The summed E-state index contributed by atoms with van der Waals surface area (Å²) < 4.78 is 0. The molecule has 1 aliphatic heterocycles. The molecule has 1 heterocycles. The fourth-order valence-corrected chi connectivity index (χ4v) is 3.27. The Kier molecular flexibility index (Phi) is 7.49. The maximum Gasteiger partial charge on any atom is 0.0541 e. The number of aliphatic hydroxyl groups is 1. The molecule has 0 aromatic rings. The van der Waals surface area contributed by atoms with E-state index in [-0.39, 0.29) is 6.10 Å². The average Bonchev–Trinajstić information content (AvgIpc) is 2.44. The highest BCUT2D eigenvalue weighted by Crippen LogP contribution is 2.30. The molecule has 0 aliphatic carbocycles. The second kappa shape index (κ2) is 8.35. The summed E-state index contributed by atoms with van der Waals surface area (Å²) in [5.74, 6) is 0.512. The Balaban J connectivity index is 2.50. The largest absolute Gasteiger partial charge is 0.393 e. The predicted molar refractivity (Wildman–Crippen MR) is 87.0 cm³/mol. The Morgan fingerprint density at radius 2 is 1.70 bits per heavy atom. The van der Waals surface area contributed by atoms with Crippen molar-refractivity contribution in [3.05, 3.63) is 0 Å². The maximum atomic E-state index is 9.71. The van der Waals surface area contributed by atoms with Crippen molar-refractivity contribution in [1.29, 1.82) is 0 Å². The van der Waals surface area contributed by atoms with Gasteiger partial charge in [0, 0.05) is 19.1 Å². The van der Waals surface area contributed by atoms with Crippen molar-refractivity contribution < 1.29 is 5.11 Å². The van der Waals surface area contributed by atoms with Crippen LogP contribution in [0.1, 0.15) is 60.3 Å². The molecule has 1 rings (SSSR count). The van der Waals surface area contributed by atoms with Gasteiger partial charge in [-0.05, 0) is 57.0 Å². The number of hydrogen-bond acceptors (Lipinski definition) is 3. The molecule has 0 saturated carbocycles. The third kappa shape index (κ3) is 5.34.